The number of unbranched alkanes of at least 4 members (excludes halogenated alkanes) is 1. The monoisotopic (exact) mass is 213 g/mol. The number of hydrogen-bond donors (Lipinski definition) is 2. The Hall–Kier alpha value is -0.610. The van der Waals surface area contributed by atoms with Gasteiger partial charge in [0.2, 0.25) is 0 Å². The van der Waals surface area contributed by atoms with Crippen LogP contribution in [0.1, 0.15) is 32.1 Å². The van der Waals surface area contributed by atoms with E-state index in [9.17, 15) is 4.79 Å². The maximum atomic E-state index is 11.0. The van der Waals surface area contributed by atoms with Gasteiger partial charge >= 0.3 is 5.97 Å². The number of carboxylic acid groups (broad SMARTS) is 1. The Morgan fingerprint density at radius 2 is 2.13 bits per heavy atom. The summed E-state index contributed by atoms with van der Waals surface area (Å²) in [4.78, 5) is 13.4. The predicted octanol–water partition coefficient (Wildman–Crippen LogP) is 0.696. The third-order valence-corrected chi connectivity index (χ3v) is 3.82. The van der Waals surface area contributed by atoms with E-state index in [1.165, 1.54) is 0 Å². The van der Waals surface area contributed by atoms with E-state index >= 15 is 0 Å². The average Bonchev–Trinajstić information content (AvgIpc) is 2.75. The van der Waals surface area contributed by atoms with Gasteiger partial charge in [-0.15, -0.1) is 0 Å². The van der Waals surface area contributed by atoms with Crippen molar-refractivity contribution in [2.75, 3.05) is 13.2 Å². The third kappa shape index (κ3) is 2.01. The second kappa shape index (κ2) is 4.49. The Morgan fingerprint density at radius 3 is 2.73 bits per heavy atom. The topological polar surface area (TPSA) is 60.8 Å². The third-order valence-electron chi connectivity index (χ3n) is 3.82. The molecule has 0 aromatic heterocycles. The highest BCUT2D eigenvalue weighted by atomic mass is 16.4. The number of carboxylic acids is 1. The molecule has 2 aliphatic heterocycles. The molecule has 3 atom stereocenters. The largest absolute Gasteiger partial charge is 0.481 e. The van der Waals surface area contributed by atoms with E-state index in [0.29, 0.717) is 6.04 Å². The normalized spacial score (nSPS) is 34.9. The molecule has 2 fully saturated rings. The molecule has 2 N–H and O–H groups in total. The second-order valence-corrected chi connectivity index (χ2v) is 4.65. The number of rotatable bonds is 5. The highest BCUT2D eigenvalue weighted by molar-refractivity contribution is 5.71. The highest BCUT2D eigenvalue weighted by Crippen LogP contribution is 2.41. The molecule has 2 rings (SSSR count). The molecule has 0 spiro atoms. The summed E-state index contributed by atoms with van der Waals surface area (Å²) < 4.78 is 0. The van der Waals surface area contributed by atoms with Gasteiger partial charge < -0.3 is 10.2 Å². The van der Waals surface area contributed by atoms with Gasteiger partial charge in [-0.3, -0.25) is 9.69 Å². The zero-order valence-electron chi connectivity index (χ0n) is 8.93. The van der Waals surface area contributed by atoms with Gasteiger partial charge in [-0.05, 0) is 38.6 Å². The number of fused-ring (bicyclic) bond motifs is 2. The molecule has 86 valence electrons. The first-order valence-electron chi connectivity index (χ1n) is 5.83. The quantitative estimate of drug-likeness (QED) is 0.660. The Bertz CT molecular complexity index is 244. The number of nitrogens with zero attached hydrogens (tertiary/aromatic N) is 1. The van der Waals surface area contributed by atoms with Gasteiger partial charge in [-0.25, -0.2) is 0 Å². The average molecular weight is 213 g/mol. The van der Waals surface area contributed by atoms with E-state index in [4.69, 9.17) is 10.2 Å². The molecule has 0 radical (unpaired) electrons. The molecule has 0 saturated carbocycles. The van der Waals surface area contributed by atoms with Gasteiger partial charge in [-0.2, -0.15) is 0 Å². The molecule has 2 aliphatic rings. The van der Waals surface area contributed by atoms with Crippen molar-refractivity contribution >= 4 is 5.97 Å². The Morgan fingerprint density at radius 1 is 1.33 bits per heavy atom. The summed E-state index contributed by atoms with van der Waals surface area (Å²) in [5, 5.41) is 17.8. The van der Waals surface area contributed by atoms with Crippen LogP contribution in [0, 0.1) is 5.92 Å². The number of aliphatic hydroxyl groups is 1. The van der Waals surface area contributed by atoms with Crippen LogP contribution >= 0.6 is 0 Å². The van der Waals surface area contributed by atoms with Gasteiger partial charge in [0, 0.05) is 18.7 Å². The number of hydrogen-bond acceptors (Lipinski definition) is 3. The van der Waals surface area contributed by atoms with Crippen LogP contribution in [0.2, 0.25) is 0 Å². The van der Waals surface area contributed by atoms with Gasteiger partial charge in [0.05, 0.1) is 5.92 Å². The molecule has 2 saturated heterocycles. The summed E-state index contributed by atoms with van der Waals surface area (Å²) in [7, 11) is 0. The van der Waals surface area contributed by atoms with Crippen molar-refractivity contribution < 1.29 is 15.0 Å². The molecule has 2 heterocycles. The Balaban J connectivity index is 1.89. The molecule has 4 heteroatoms. The minimum absolute atomic E-state index is 0.141. The number of carbonyl (C=O) groups is 1. The standard InChI is InChI=1S/C11H19NO3/c13-6-2-1-5-12-8-3-4-10(12)9(7-8)11(14)15/h8-10,13H,1-7H2,(H,14,15). The lowest BCUT2D eigenvalue weighted by molar-refractivity contribution is -0.142. The summed E-state index contributed by atoms with van der Waals surface area (Å²) in [6, 6.07) is 0.765. The molecule has 4 nitrogen and oxygen atoms in total. The highest BCUT2D eigenvalue weighted by Gasteiger charge is 2.48. The molecule has 0 aliphatic carbocycles. The van der Waals surface area contributed by atoms with Crippen LogP contribution in [-0.4, -0.2) is 46.3 Å². The first kappa shape index (κ1) is 10.9. The number of aliphatic hydroxyl groups excluding tert-OH is 1. The van der Waals surface area contributed by atoms with Crippen molar-refractivity contribution in [1.29, 1.82) is 0 Å². The summed E-state index contributed by atoms with van der Waals surface area (Å²) >= 11 is 0. The van der Waals surface area contributed by atoms with Crippen LogP contribution in [0.3, 0.4) is 0 Å². The minimum Gasteiger partial charge on any atom is -0.481 e. The fourth-order valence-electron chi connectivity index (χ4n) is 3.12. The van der Waals surface area contributed by atoms with Gasteiger partial charge in [-0.1, -0.05) is 0 Å². The zero-order chi connectivity index (χ0) is 10.8. The summed E-state index contributed by atoms with van der Waals surface area (Å²) in [6.07, 6.45) is 4.84. The van der Waals surface area contributed by atoms with Crippen molar-refractivity contribution in [1.82, 2.24) is 4.90 Å². The molecular formula is C11H19NO3. The fourth-order valence-corrected chi connectivity index (χ4v) is 3.12. The van der Waals surface area contributed by atoms with E-state index in [-0.39, 0.29) is 18.6 Å². The van der Waals surface area contributed by atoms with Crippen LogP contribution in [-0.2, 0) is 4.79 Å². The van der Waals surface area contributed by atoms with E-state index < -0.39 is 5.97 Å². The summed E-state index contributed by atoms with van der Waals surface area (Å²) in [6.45, 7) is 1.20. The summed E-state index contributed by atoms with van der Waals surface area (Å²) in [5.74, 6) is -0.771. The van der Waals surface area contributed by atoms with Gasteiger partial charge in [0.25, 0.3) is 0 Å². The van der Waals surface area contributed by atoms with Crippen LogP contribution < -0.4 is 0 Å². The van der Waals surface area contributed by atoms with Crippen LogP contribution in [0.4, 0.5) is 0 Å². The zero-order valence-corrected chi connectivity index (χ0v) is 8.93. The Labute approximate surface area is 89.9 Å². The van der Waals surface area contributed by atoms with Crippen LogP contribution in [0.5, 0.6) is 0 Å². The number of aliphatic carboxylic acids is 1. The van der Waals surface area contributed by atoms with E-state index in [1.807, 2.05) is 0 Å². The van der Waals surface area contributed by atoms with Crippen molar-refractivity contribution in [3.8, 4) is 0 Å². The molecule has 0 amide bonds. The van der Waals surface area contributed by atoms with Crippen LogP contribution in [0.25, 0.3) is 0 Å². The van der Waals surface area contributed by atoms with Crippen LogP contribution in [0.15, 0.2) is 0 Å². The van der Waals surface area contributed by atoms with Crippen molar-refractivity contribution in [2.45, 2.75) is 44.2 Å². The summed E-state index contributed by atoms with van der Waals surface area (Å²) in [5.41, 5.74) is 0. The molecule has 0 aromatic carbocycles. The van der Waals surface area contributed by atoms with Crippen molar-refractivity contribution in [3.05, 3.63) is 0 Å². The van der Waals surface area contributed by atoms with Crippen molar-refractivity contribution in [2.24, 2.45) is 5.92 Å². The lowest BCUT2D eigenvalue weighted by Gasteiger charge is -2.22. The maximum Gasteiger partial charge on any atom is 0.308 e. The van der Waals surface area contributed by atoms with Gasteiger partial charge in [0.1, 0.15) is 0 Å². The molecule has 0 aromatic rings. The molecule has 3 unspecified atom stereocenters. The van der Waals surface area contributed by atoms with Gasteiger partial charge in [0.15, 0.2) is 0 Å². The second-order valence-electron chi connectivity index (χ2n) is 4.65. The molecule has 15 heavy (non-hydrogen) atoms. The molecular weight excluding hydrogens is 194 g/mol. The maximum absolute atomic E-state index is 11.0. The minimum atomic E-state index is -0.630. The lowest BCUT2D eigenvalue weighted by atomic mass is 9.89. The SMILES string of the molecule is O=C(O)C1CC2CCC1N2CCCCO. The van der Waals surface area contributed by atoms with Crippen molar-refractivity contribution in [3.63, 3.8) is 0 Å². The smallest absolute Gasteiger partial charge is 0.308 e. The van der Waals surface area contributed by atoms with E-state index in [0.717, 1.165) is 38.6 Å². The first-order valence-corrected chi connectivity index (χ1v) is 5.83. The fraction of sp³-hybridized carbons (Fsp3) is 0.909. The van der Waals surface area contributed by atoms with E-state index in [2.05, 4.69) is 4.90 Å². The predicted molar refractivity (Wildman–Crippen MR) is 55.6 cm³/mol. The first-order chi connectivity index (χ1) is 7.24. The van der Waals surface area contributed by atoms with E-state index in [1.54, 1.807) is 0 Å². The molecule has 2 bridgehead atoms. The lowest BCUT2D eigenvalue weighted by Crippen LogP contribution is -2.33. The Kier molecular flexibility index (Phi) is 3.26.